The molecule has 0 radical (unpaired) electrons. The van der Waals surface area contributed by atoms with Gasteiger partial charge in [0, 0.05) is 0 Å². The van der Waals surface area contributed by atoms with Crippen molar-refractivity contribution in [1.29, 1.82) is 5.26 Å². The number of H-pyrrole nitrogens is 1. The van der Waals surface area contributed by atoms with Gasteiger partial charge in [0.05, 0.1) is 6.61 Å². The lowest BCUT2D eigenvalue weighted by Crippen LogP contribution is -2.64. The summed E-state index contributed by atoms with van der Waals surface area (Å²) in [4.78, 5) is 6.85. The number of nitrogen functional groups attached to an aromatic ring is 1. The summed E-state index contributed by atoms with van der Waals surface area (Å²) in [5.41, 5.74) is 4.52. The van der Waals surface area contributed by atoms with E-state index in [9.17, 15) is 15.5 Å². The van der Waals surface area contributed by atoms with Crippen molar-refractivity contribution in [2.45, 2.75) is 17.9 Å². The van der Waals surface area contributed by atoms with Gasteiger partial charge in [-0.25, -0.2) is 4.57 Å². The van der Waals surface area contributed by atoms with Crippen LogP contribution in [0.2, 0.25) is 0 Å². The van der Waals surface area contributed by atoms with Gasteiger partial charge in [0.25, 0.3) is 0 Å². The minimum Gasteiger partial charge on any atom is -0.394 e. The molecule has 3 rings (SSSR count). The zero-order chi connectivity index (χ0) is 16.1. The first-order chi connectivity index (χ1) is 10.4. The minimum absolute atomic E-state index is 0.112. The molecule has 3 heterocycles. The maximum Gasteiger partial charge on any atom is 0.243 e. The first-order valence-corrected chi connectivity index (χ1v) is 7.14. The number of halogens is 1. The highest BCUT2D eigenvalue weighted by Gasteiger charge is 2.53. The SMILES string of the molecule is N#Cc1c(Br)[nH]c2c1c(N)nc[n+]2[C@]1(O)CO[C@@H](CO)C1O. The quantitative estimate of drug-likeness (QED) is 0.401. The Balaban J connectivity index is 2.25. The Labute approximate surface area is 132 Å². The van der Waals surface area contributed by atoms with E-state index in [0.717, 1.165) is 0 Å². The van der Waals surface area contributed by atoms with Crippen LogP contribution in [0.1, 0.15) is 5.56 Å². The molecule has 116 valence electrons. The highest BCUT2D eigenvalue weighted by Crippen LogP contribution is 2.30. The lowest BCUT2D eigenvalue weighted by molar-refractivity contribution is -0.794. The van der Waals surface area contributed by atoms with Gasteiger partial charge in [0.15, 0.2) is 4.60 Å². The van der Waals surface area contributed by atoms with Crippen molar-refractivity contribution in [3.05, 3.63) is 16.5 Å². The smallest absolute Gasteiger partial charge is 0.243 e. The van der Waals surface area contributed by atoms with E-state index in [-0.39, 0.29) is 18.0 Å². The van der Waals surface area contributed by atoms with Crippen LogP contribution in [-0.2, 0) is 10.5 Å². The average Bonchev–Trinajstić information content (AvgIpc) is 2.98. The summed E-state index contributed by atoms with van der Waals surface area (Å²) in [5.74, 6) is 0.112. The summed E-state index contributed by atoms with van der Waals surface area (Å²) in [7, 11) is 0. The van der Waals surface area contributed by atoms with Gasteiger partial charge in [-0.3, -0.25) is 4.98 Å². The maximum absolute atomic E-state index is 10.8. The molecule has 22 heavy (non-hydrogen) atoms. The van der Waals surface area contributed by atoms with E-state index < -0.39 is 24.5 Å². The minimum atomic E-state index is -1.84. The molecule has 6 N–H and O–H groups in total. The number of aromatic nitrogens is 3. The summed E-state index contributed by atoms with van der Waals surface area (Å²) in [6, 6.07) is 1.99. The van der Waals surface area contributed by atoms with Crippen LogP contribution in [-0.4, -0.2) is 50.7 Å². The number of aliphatic hydroxyl groups is 3. The monoisotopic (exact) mass is 370 g/mol. The number of aromatic amines is 1. The van der Waals surface area contributed by atoms with E-state index in [1.54, 1.807) is 0 Å². The number of hydrogen-bond donors (Lipinski definition) is 5. The standard InChI is InChI=1S/C12H12BrN5O4/c13-9-5(1-14)7-10(15)16-4-18(11(7)17-9)12(21)3-22-6(2-19)8(12)20/h4,6,8,19-21H,2-3H2,(H2,15,17)/p+1/t6-,8?,12-/m0/s1. The highest BCUT2D eigenvalue weighted by molar-refractivity contribution is 9.10. The molecule has 2 aromatic heterocycles. The first kappa shape index (κ1) is 15.1. The predicted molar refractivity (Wildman–Crippen MR) is 76.1 cm³/mol. The maximum atomic E-state index is 10.8. The molecule has 2 aromatic rings. The van der Waals surface area contributed by atoms with Crippen molar-refractivity contribution in [1.82, 2.24) is 9.97 Å². The molecule has 10 heteroatoms. The lowest BCUT2D eigenvalue weighted by Gasteiger charge is -2.24. The van der Waals surface area contributed by atoms with Gasteiger partial charge in [0.2, 0.25) is 23.5 Å². The number of anilines is 1. The van der Waals surface area contributed by atoms with Gasteiger partial charge in [0.1, 0.15) is 35.8 Å². The molecule has 0 saturated carbocycles. The molecule has 0 bridgehead atoms. The van der Waals surface area contributed by atoms with Crippen LogP contribution in [0, 0.1) is 11.3 Å². The largest absolute Gasteiger partial charge is 0.394 e. The molecule has 3 atom stereocenters. The summed E-state index contributed by atoms with van der Waals surface area (Å²) in [6.45, 7) is -0.684. The highest BCUT2D eigenvalue weighted by atomic mass is 79.9. The first-order valence-electron chi connectivity index (χ1n) is 6.34. The fourth-order valence-corrected chi connectivity index (χ4v) is 3.07. The van der Waals surface area contributed by atoms with E-state index >= 15 is 0 Å². The molecular formula is C12H13BrN5O4+. The van der Waals surface area contributed by atoms with Crippen LogP contribution in [0.3, 0.4) is 0 Å². The van der Waals surface area contributed by atoms with E-state index in [0.29, 0.717) is 15.6 Å². The topological polar surface area (TPSA) is 152 Å². The number of nitrogens with two attached hydrogens (primary N) is 1. The number of fused-ring (bicyclic) bond motifs is 1. The third-order valence-electron chi connectivity index (χ3n) is 3.79. The molecule has 0 aromatic carbocycles. The predicted octanol–water partition coefficient (Wildman–Crippen LogP) is -1.54. The van der Waals surface area contributed by atoms with Crippen LogP contribution in [0.5, 0.6) is 0 Å². The lowest BCUT2D eigenvalue weighted by atomic mass is 10.1. The molecule has 0 amide bonds. The van der Waals surface area contributed by atoms with Crippen molar-refractivity contribution >= 4 is 32.8 Å². The second kappa shape index (κ2) is 5.15. The molecule has 1 unspecified atom stereocenters. The fourth-order valence-electron chi connectivity index (χ4n) is 2.60. The number of nitrogens with one attached hydrogen (secondary N) is 1. The Morgan fingerprint density at radius 2 is 2.41 bits per heavy atom. The van der Waals surface area contributed by atoms with Gasteiger partial charge in [-0.1, -0.05) is 4.98 Å². The number of ether oxygens (including phenoxy) is 1. The van der Waals surface area contributed by atoms with Crippen molar-refractivity contribution in [3.8, 4) is 6.07 Å². The van der Waals surface area contributed by atoms with Crippen molar-refractivity contribution in [2.24, 2.45) is 0 Å². The van der Waals surface area contributed by atoms with Crippen molar-refractivity contribution in [2.75, 3.05) is 18.9 Å². The molecule has 1 aliphatic heterocycles. The van der Waals surface area contributed by atoms with E-state index in [4.69, 9.17) is 15.6 Å². The van der Waals surface area contributed by atoms with Crippen LogP contribution in [0.25, 0.3) is 11.0 Å². The average molecular weight is 371 g/mol. The van der Waals surface area contributed by atoms with Gasteiger partial charge < -0.3 is 25.8 Å². The molecule has 1 aliphatic rings. The molecule has 0 spiro atoms. The van der Waals surface area contributed by atoms with Crippen molar-refractivity contribution in [3.63, 3.8) is 0 Å². The van der Waals surface area contributed by atoms with Gasteiger partial charge >= 0.3 is 0 Å². The number of hydrogen-bond acceptors (Lipinski definition) is 7. The Bertz CT molecular complexity index is 788. The van der Waals surface area contributed by atoms with Crippen LogP contribution < -0.4 is 10.3 Å². The van der Waals surface area contributed by atoms with E-state index in [1.165, 1.54) is 10.9 Å². The van der Waals surface area contributed by atoms with Gasteiger partial charge in [-0.15, -0.1) is 0 Å². The second-order valence-electron chi connectivity index (χ2n) is 5.00. The van der Waals surface area contributed by atoms with Crippen LogP contribution in [0.15, 0.2) is 10.9 Å². The Kier molecular flexibility index (Phi) is 3.54. The molecule has 1 saturated heterocycles. The molecular weight excluding hydrogens is 358 g/mol. The molecule has 9 nitrogen and oxygen atoms in total. The molecule has 0 aliphatic carbocycles. The number of nitriles is 1. The van der Waals surface area contributed by atoms with E-state index in [1.807, 2.05) is 6.07 Å². The van der Waals surface area contributed by atoms with Crippen LogP contribution in [0.4, 0.5) is 5.82 Å². The Morgan fingerprint density at radius 3 is 3.00 bits per heavy atom. The Hall–Kier alpha value is -1.77. The zero-order valence-electron chi connectivity index (χ0n) is 11.2. The van der Waals surface area contributed by atoms with Crippen molar-refractivity contribution < 1.29 is 24.6 Å². The zero-order valence-corrected chi connectivity index (χ0v) is 12.8. The van der Waals surface area contributed by atoms with E-state index in [2.05, 4.69) is 25.9 Å². The van der Waals surface area contributed by atoms with Gasteiger partial charge in [-0.05, 0) is 15.9 Å². The van der Waals surface area contributed by atoms with Crippen LogP contribution >= 0.6 is 15.9 Å². The number of rotatable bonds is 2. The summed E-state index contributed by atoms with van der Waals surface area (Å²) in [5, 5.41) is 39.7. The van der Waals surface area contributed by atoms with Gasteiger partial charge in [-0.2, -0.15) is 5.26 Å². The normalized spacial score (nSPS) is 28.1. The summed E-state index contributed by atoms with van der Waals surface area (Å²) < 4.78 is 6.84. The number of nitrogens with zero attached hydrogens (tertiary/aromatic N) is 3. The third kappa shape index (κ3) is 1.91. The molecule has 1 fully saturated rings. The summed E-state index contributed by atoms with van der Waals surface area (Å²) >= 11 is 3.21. The summed E-state index contributed by atoms with van der Waals surface area (Å²) in [6.07, 6.45) is -1.05. The fraction of sp³-hybridized carbons (Fsp3) is 0.417. The third-order valence-corrected chi connectivity index (χ3v) is 4.38. The Morgan fingerprint density at radius 1 is 1.68 bits per heavy atom. The second-order valence-corrected chi connectivity index (χ2v) is 5.80. The number of aliphatic hydroxyl groups excluding tert-OH is 2.